The highest BCUT2D eigenvalue weighted by atomic mass is 16.5. The second kappa shape index (κ2) is 8.14. The maximum absolute atomic E-state index is 11.5. The SMILES string of the molecule is Cc1nc2c(c(NCCN3CCCC(C(N)=O)C3)n1)Cc1ccccc1OC2. The quantitative estimate of drug-likeness (QED) is 0.821. The molecule has 148 valence electrons. The lowest BCUT2D eigenvalue weighted by molar-refractivity contribution is -0.123. The Kier molecular flexibility index (Phi) is 5.43. The van der Waals surface area contributed by atoms with E-state index in [1.54, 1.807) is 0 Å². The molecule has 1 amide bonds. The van der Waals surface area contributed by atoms with Gasteiger partial charge >= 0.3 is 0 Å². The molecule has 1 unspecified atom stereocenters. The number of likely N-dealkylation sites (tertiary alicyclic amines) is 1. The first-order valence-electron chi connectivity index (χ1n) is 9.93. The van der Waals surface area contributed by atoms with E-state index in [4.69, 9.17) is 10.5 Å². The van der Waals surface area contributed by atoms with Crippen molar-refractivity contribution in [2.75, 3.05) is 31.5 Å². The van der Waals surface area contributed by atoms with E-state index in [0.717, 1.165) is 79.7 Å². The highest BCUT2D eigenvalue weighted by Gasteiger charge is 2.24. The van der Waals surface area contributed by atoms with Crippen molar-refractivity contribution in [3.63, 3.8) is 0 Å². The van der Waals surface area contributed by atoms with Crippen LogP contribution in [0.1, 0.15) is 35.5 Å². The number of para-hydroxylation sites is 1. The van der Waals surface area contributed by atoms with Gasteiger partial charge in [0.05, 0.1) is 11.6 Å². The van der Waals surface area contributed by atoms with Gasteiger partial charge in [0, 0.05) is 31.6 Å². The molecule has 28 heavy (non-hydrogen) atoms. The number of benzene rings is 1. The molecule has 3 heterocycles. The van der Waals surface area contributed by atoms with Gasteiger partial charge in [0.25, 0.3) is 0 Å². The van der Waals surface area contributed by atoms with Crippen molar-refractivity contribution < 1.29 is 9.53 Å². The molecule has 1 aromatic heterocycles. The molecule has 0 saturated carbocycles. The Labute approximate surface area is 165 Å². The van der Waals surface area contributed by atoms with Crippen LogP contribution in [0.25, 0.3) is 0 Å². The van der Waals surface area contributed by atoms with Crippen molar-refractivity contribution in [1.29, 1.82) is 0 Å². The summed E-state index contributed by atoms with van der Waals surface area (Å²) in [5.74, 6) is 2.32. The number of ether oxygens (including phenoxy) is 1. The molecule has 2 aromatic rings. The molecule has 1 fully saturated rings. The fraction of sp³-hybridized carbons (Fsp3) is 0.476. The maximum atomic E-state index is 11.5. The van der Waals surface area contributed by atoms with Crippen LogP contribution in [0.2, 0.25) is 0 Å². The third-order valence-corrected chi connectivity index (χ3v) is 5.54. The van der Waals surface area contributed by atoms with Crippen molar-refractivity contribution in [2.45, 2.75) is 32.8 Å². The molecule has 7 nitrogen and oxygen atoms in total. The second-order valence-electron chi connectivity index (χ2n) is 7.59. The zero-order valence-corrected chi connectivity index (χ0v) is 16.3. The van der Waals surface area contributed by atoms with Crippen LogP contribution in [-0.4, -0.2) is 47.0 Å². The largest absolute Gasteiger partial charge is 0.487 e. The third kappa shape index (κ3) is 4.09. The van der Waals surface area contributed by atoms with Gasteiger partial charge in [-0.3, -0.25) is 4.79 Å². The van der Waals surface area contributed by atoms with Crippen LogP contribution in [0.3, 0.4) is 0 Å². The fourth-order valence-corrected chi connectivity index (χ4v) is 4.06. The Hall–Kier alpha value is -2.67. The minimum absolute atomic E-state index is 0.0278. The van der Waals surface area contributed by atoms with E-state index in [1.165, 1.54) is 0 Å². The van der Waals surface area contributed by atoms with Crippen molar-refractivity contribution in [3.8, 4) is 5.75 Å². The van der Waals surface area contributed by atoms with E-state index in [9.17, 15) is 4.79 Å². The summed E-state index contributed by atoms with van der Waals surface area (Å²) < 4.78 is 5.95. The van der Waals surface area contributed by atoms with Gasteiger partial charge in [0.1, 0.15) is 24.0 Å². The Morgan fingerprint density at radius 2 is 2.21 bits per heavy atom. The van der Waals surface area contributed by atoms with E-state index in [2.05, 4.69) is 26.3 Å². The summed E-state index contributed by atoms with van der Waals surface area (Å²) in [5.41, 5.74) is 8.68. The minimum Gasteiger partial charge on any atom is -0.487 e. The lowest BCUT2D eigenvalue weighted by atomic mass is 9.97. The molecule has 0 aliphatic carbocycles. The number of carbonyl (C=O) groups is 1. The smallest absolute Gasteiger partial charge is 0.221 e. The van der Waals surface area contributed by atoms with Crippen LogP contribution < -0.4 is 15.8 Å². The van der Waals surface area contributed by atoms with Crippen molar-refractivity contribution in [1.82, 2.24) is 14.9 Å². The molecule has 4 rings (SSSR count). The third-order valence-electron chi connectivity index (χ3n) is 5.54. The molecule has 7 heteroatoms. The summed E-state index contributed by atoms with van der Waals surface area (Å²) in [5, 5.41) is 3.50. The number of nitrogens with zero attached hydrogens (tertiary/aromatic N) is 3. The number of primary amides is 1. The molecule has 1 saturated heterocycles. The zero-order valence-electron chi connectivity index (χ0n) is 16.3. The monoisotopic (exact) mass is 381 g/mol. The number of nitrogens with one attached hydrogen (secondary N) is 1. The fourth-order valence-electron chi connectivity index (χ4n) is 4.06. The van der Waals surface area contributed by atoms with Gasteiger partial charge in [0.15, 0.2) is 0 Å². The second-order valence-corrected chi connectivity index (χ2v) is 7.59. The van der Waals surface area contributed by atoms with Crippen LogP contribution >= 0.6 is 0 Å². The lowest BCUT2D eigenvalue weighted by Crippen LogP contribution is -2.42. The van der Waals surface area contributed by atoms with Gasteiger partial charge in [0.2, 0.25) is 5.91 Å². The standard InChI is InChI=1S/C21H27N5O2/c1-14-24-18-13-28-19-7-3-2-5-15(19)11-17(18)21(25-14)23-8-10-26-9-4-6-16(12-26)20(22)27/h2-3,5,7,16H,4,6,8-13H2,1H3,(H2,22,27)(H,23,24,25). The van der Waals surface area contributed by atoms with E-state index < -0.39 is 0 Å². The molecular weight excluding hydrogens is 354 g/mol. The average molecular weight is 381 g/mol. The number of carbonyl (C=O) groups excluding carboxylic acids is 1. The Morgan fingerprint density at radius 3 is 3.07 bits per heavy atom. The first kappa shape index (κ1) is 18.7. The number of hydrogen-bond acceptors (Lipinski definition) is 6. The van der Waals surface area contributed by atoms with Crippen LogP contribution in [-0.2, 0) is 17.8 Å². The van der Waals surface area contributed by atoms with Crippen LogP contribution in [0.15, 0.2) is 24.3 Å². The molecule has 1 aromatic carbocycles. The number of aryl methyl sites for hydroxylation is 1. The van der Waals surface area contributed by atoms with Gasteiger partial charge < -0.3 is 20.7 Å². The summed E-state index contributed by atoms with van der Waals surface area (Å²) in [4.78, 5) is 23.0. The molecule has 0 bridgehead atoms. The number of nitrogens with two attached hydrogens (primary N) is 1. The molecule has 0 radical (unpaired) electrons. The van der Waals surface area contributed by atoms with E-state index >= 15 is 0 Å². The minimum atomic E-state index is -0.187. The number of anilines is 1. The Bertz CT molecular complexity index is 870. The number of amides is 1. The number of rotatable bonds is 5. The Morgan fingerprint density at radius 1 is 1.36 bits per heavy atom. The Balaban J connectivity index is 1.46. The zero-order chi connectivity index (χ0) is 19.5. The maximum Gasteiger partial charge on any atom is 0.221 e. The molecule has 2 aliphatic heterocycles. The highest BCUT2D eigenvalue weighted by molar-refractivity contribution is 5.76. The van der Waals surface area contributed by atoms with E-state index in [1.807, 2.05) is 25.1 Å². The highest BCUT2D eigenvalue weighted by Crippen LogP contribution is 2.30. The first-order valence-corrected chi connectivity index (χ1v) is 9.93. The summed E-state index contributed by atoms with van der Waals surface area (Å²) in [6.07, 6.45) is 2.67. The summed E-state index contributed by atoms with van der Waals surface area (Å²) in [6, 6.07) is 8.11. The molecular formula is C21H27N5O2. The topological polar surface area (TPSA) is 93.4 Å². The van der Waals surface area contributed by atoms with Gasteiger partial charge in [-0.05, 0) is 37.9 Å². The normalized spacial score (nSPS) is 19.1. The summed E-state index contributed by atoms with van der Waals surface area (Å²) >= 11 is 0. The number of piperidine rings is 1. The molecule has 2 aliphatic rings. The van der Waals surface area contributed by atoms with Gasteiger partial charge in [-0.2, -0.15) is 0 Å². The molecule has 1 atom stereocenters. The number of hydrogen-bond donors (Lipinski definition) is 2. The lowest BCUT2D eigenvalue weighted by Gasteiger charge is -2.31. The predicted octanol–water partition coefficient (Wildman–Crippen LogP) is 1.88. The average Bonchev–Trinajstić information content (AvgIpc) is 2.88. The predicted molar refractivity (Wildman–Crippen MR) is 107 cm³/mol. The van der Waals surface area contributed by atoms with Crippen LogP contribution in [0.4, 0.5) is 5.82 Å². The molecule has 3 N–H and O–H groups in total. The van der Waals surface area contributed by atoms with Crippen molar-refractivity contribution >= 4 is 11.7 Å². The van der Waals surface area contributed by atoms with E-state index in [-0.39, 0.29) is 11.8 Å². The van der Waals surface area contributed by atoms with Crippen molar-refractivity contribution in [2.24, 2.45) is 11.7 Å². The number of fused-ring (bicyclic) bond motifs is 2. The first-order chi connectivity index (χ1) is 13.6. The van der Waals surface area contributed by atoms with Crippen LogP contribution in [0.5, 0.6) is 5.75 Å². The number of aromatic nitrogens is 2. The van der Waals surface area contributed by atoms with Gasteiger partial charge in [-0.1, -0.05) is 18.2 Å². The molecule has 0 spiro atoms. The summed E-state index contributed by atoms with van der Waals surface area (Å²) in [6.45, 7) is 5.74. The van der Waals surface area contributed by atoms with Crippen molar-refractivity contribution in [3.05, 3.63) is 46.9 Å². The summed E-state index contributed by atoms with van der Waals surface area (Å²) in [7, 11) is 0. The van der Waals surface area contributed by atoms with Crippen LogP contribution in [0, 0.1) is 12.8 Å². The van der Waals surface area contributed by atoms with Gasteiger partial charge in [-0.25, -0.2) is 9.97 Å². The van der Waals surface area contributed by atoms with E-state index in [0.29, 0.717) is 6.61 Å². The van der Waals surface area contributed by atoms with Gasteiger partial charge in [-0.15, -0.1) is 0 Å².